The Morgan fingerprint density at radius 1 is 0.780 bits per heavy atom. The highest BCUT2D eigenvalue weighted by Gasteiger charge is 2.30. The zero-order valence-corrected chi connectivity index (χ0v) is 21.6. The lowest BCUT2D eigenvalue weighted by Gasteiger charge is -2.36. The van der Waals surface area contributed by atoms with Gasteiger partial charge in [-0.25, -0.2) is 9.37 Å². The van der Waals surface area contributed by atoms with Crippen molar-refractivity contribution in [3.63, 3.8) is 0 Å². The lowest BCUT2D eigenvalue weighted by atomic mass is 10.2. The van der Waals surface area contributed by atoms with E-state index in [2.05, 4.69) is 45.6 Å². The summed E-state index contributed by atoms with van der Waals surface area (Å²) in [7, 11) is 0. The van der Waals surface area contributed by atoms with Crippen molar-refractivity contribution in [2.45, 2.75) is 13.1 Å². The van der Waals surface area contributed by atoms with Crippen molar-refractivity contribution in [2.75, 3.05) is 46.6 Å². The lowest BCUT2D eigenvalue weighted by Crippen LogP contribution is -2.47. The van der Waals surface area contributed by atoms with E-state index in [0.29, 0.717) is 43.6 Å². The predicted molar refractivity (Wildman–Crippen MR) is 144 cm³/mol. The van der Waals surface area contributed by atoms with Gasteiger partial charge in [0, 0.05) is 49.3 Å². The molecule has 5 aromatic rings. The van der Waals surface area contributed by atoms with Crippen LogP contribution in [0.3, 0.4) is 0 Å². The first-order valence-electron chi connectivity index (χ1n) is 12.6. The summed E-state index contributed by atoms with van der Waals surface area (Å²) in [4.78, 5) is 26.1. The van der Waals surface area contributed by atoms with E-state index in [4.69, 9.17) is 0 Å². The monoisotopic (exact) mass is 565 g/mol. The van der Waals surface area contributed by atoms with Crippen LogP contribution in [0.1, 0.15) is 11.3 Å². The standard InChI is InChI=1S/C26H23F4N11/c1-16-13-21(41-24(33-16)31-15-32-41)39-9-11-40(12-10-39)25-37-22(34-19-7-5-18(27)6-8-19)36-23(38-25)35-20-4-2-3-17(14-20)26(28,29)30/h2-8,13-15H,9-12H2,1H3,(H2,34,35,36,37,38). The van der Waals surface area contributed by atoms with Crippen molar-refractivity contribution < 1.29 is 17.6 Å². The number of aryl methyl sites for hydroxylation is 1. The highest BCUT2D eigenvalue weighted by Crippen LogP contribution is 2.31. The molecule has 11 nitrogen and oxygen atoms in total. The summed E-state index contributed by atoms with van der Waals surface area (Å²) in [5.41, 5.74) is 0.718. The smallest absolute Gasteiger partial charge is 0.353 e. The molecule has 1 aliphatic rings. The number of halogens is 4. The maximum absolute atomic E-state index is 13.4. The SMILES string of the molecule is Cc1cc(N2CCN(c3nc(Nc4ccc(F)cc4)nc(Nc4cccc(C(F)(F)F)c4)n3)CC2)n2ncnc2n1. The molecule has 0 bridgehead atoms. The van der Waals surface area contributed by atoms with Gasteiger partial charge in [-0.3, -0.25) is 0 Å². The molecule has 0 saturated carbocycles. The molecule has 1 aliphatic heterocycles. The van der Waals surface area contributed by atoms with Crippen molar-refractivity contribution in [3.8, 4) is 0 Å². The number of alkyl halides is 3. The van der Waals surface area contributed by atoms with Crippen LogP contribution in [0, 0.1) is 12.7 Å². The Bertz CT molecular complexity index is 1680. The molecule has 0 atom stereocenters. The van der Waals surface area contributed by atoms with Crippen LogP contribution in [-0.2, 0) is 6.18 Å². The van der Waals surface area contributed by atoms with Gasteiger partial charge in [0.2, 0.25) is 17.8 Å². The van der Waals surface area contributed by atoms with Crippen LogP contribution >= 0.6 is 0 Å². The van der Waals surface area contributed by atoms with Crippen LogP contribution in [0.15, 0.2) is 60.9 Å². The summed E-state index contributed by atoms with van der Waals surface area (Å²) >= 11 is 0. The van der Waals surface area contributed by atoms with E-state index >= 15 is 0 Å². The molecule has 0 amide bonds. The van der Waals surface area contributed by atoms with Gasteiger partial charge in [-0.2, -0.15) is 42.7 Å². The van der Waals surface area contributed by atoms with Crippen LogP contribution in [0.4, 0.5) is 52.6 Å². The molecule has 0 radical (unpaired) electrons. The quantitative estimate of drug-likeness (QED) is 0.284. The average Bonchev–Trinajstić information content (AvgIpc) is 3.42. The third kappa shape index (κ3) is 5.78. The van der Waals surface area contributed by atoms with Crippen molar-refractivity contribution in [3.05, 3.63) is 78.0 Å². The zero-order chi connectivity index (χ0) is 28.6. The van der Waals surface area contributed by atoms with Gasteiger partial charge < -0.3 is 20.4 Å². The molecule has 1 fully saturated rings. The van der Waals surface area contributed by atoms with E-state index in [0.717, 1.165) is 23.6 Å². The number of nitrogens with zero attached hydrogens (tertiary/aromatic N) is 9. The zero-order valence-electron chi connectivity index (χ0n) is 21.6. The first kappa shape index (κ1) is 26.2. The first-order valence-corrected chi connectivity index (χ1v) is 12.6. The number of benzene rings is 2. The summed E-state index contributed by atoms with van der Waals surface area (Å²) in [5.74, 6) is 1.51. The van der Waals surface area contributed by atoms with Gasteiger partial charge in [0.1, 0.15) is 18.0 Å². The van der Waals surface area contributed by atoms with Crippen molar-refractivity contribution in [1.82, 2.24) is 34.5 Å². The third-order valence-electron chi connectivity index (χ3n) is 6.42. The van der Waals surface area contributed by atoms with Crippen LogP contribution in [0.2, 0.25) is 0 Å². The molecule has 2 aromatic carbocycles. The van der Waals surface area contributed by atoms with Gasteiger partial charge in [-0.05, 0) is 49.4 Å². The van der Waals surface area contributed by atoms with E-state index in [1.54, 1.807) is 4.52 Å². The Morgan fingerprint density at radius 3 is 2.17 bits per heavy atom. The number of hydrogen-bond acceptors (Lipinski definition) is 10. The minimum atomic E-state index is -4.50. The summed E-state index contributed by atoms with van der Waals surface area (Å²) < 4.78 is 54.9. The second-order valence-electron chi connectivity index (χ2n) is 9.32. The molecule has 41 heavy (non-hydrogen) atoms. The van der Waals surface area contributed by atoms with E-state index < -0.39 is 17.6 Å². The fourth-order valence-corrected chi connectivity index (χ4v) is 4.45. The maximum atomic E-state index is 13.4. The Labute approximate surface area is 230 Å². The average molecular weight is 566 g/mol. The summed E-state index contributed by atoms with van der Waals surface area (Å²) in [6.07, 6.45) is -3.04. The largest absolute Gasteiger partial charge is 0.416 e. The van der Waals surface area contributed by atoms with Gasteiger partial charge in [-0.1, -0.05) is 6.07 Å². The van der Waals surface area contributed by atoms with Gasteiger partial charge in [0.15, 0.2) is 0 Å². The molecule has 4 heterocycles. The normalized spacial score (nSPS) is 14.0. The predicted octanol–water partition coefficient (Wildman–Crippen LogP) is 4.59. The highest BCUT2D eigenvalue weighted by molar-refractivity contribution is 5.60. The summed E-state index contributed by atoms with van der Waals surface area (Å²) in [6, 6.07) is 12.3. The van der Waals surface area contributed by atoms with Crippen LogP contribution in [0.25, 0.3) is 5.78 Å². The number of nitrogens with one attached hydrogen (secondary N) is 2. The number of piperazine rings is 1. The fourth-order valence-electron chi connectivity index (χ4n) is 4.45. The molecule has 0 spiro atoms. The van der Waals surface area contributed by atoms with Crippen molar-refractivity contribution >= 4 is 40.8 Å². The number of anilines is 6. The van der Waals surface area contributed by atoms with E-state index in [-0.39, 0.29) is 17.6 Å². The Balaban J connectivity index is 1.27. The Hall–Kier alpha value is -5.08. The molecule has 2 N–H and O–H groups in total. The molecule has 0 unspecified atom stereocenters. The van der Waals surface area contributed by atoms with Gasteiger partial charge in [0.25, 0.3) is 5.78 Å². The second-order valence-corrected chi connectivity index (χ2v) is 9.32. The molecule has 15 heteroatoms. The second kappa shape index (κ2) is 10.5. The van der Waals surface area contributed by atoms with E-state index in [9.17, 15) is 17.6 Å². The number of aromatic nitrogens is 7. The number of hydrogen-bond donors (Lipinski definition) is 2. The molecular weight excluding hydrogens is 542 g/mol. The van der Waals surface area contributed by atoms with Gasteiger partial charge in [0.05, 0.1) is 5.56 Å². The van der Waals surface area contributed by atoms with Gasteiger partial charge in [-0.15, -0.1) is 0 Å². The van der Waals surface area contributed by atoms with E-state index in [1.807, 2.05) is 17.9 Å². The van der Waals surface area contributed by atoms with Gasteiger partial charge >= 0.3 is 6.18 Å². The topological polar surface area (TPSA) is 112 Å². The molecule has 0 aliphatic carbocycles. The number of fused-ring (bicyclic) bond motifs is 1. The minimum Gasteiger partial charge on any atom is -0.353 e. The van der Waals surface area contributed by atoms with Crippen molar-refractivity contribution in [1.29, 1.82) is 0 Å². The maximum Gasteiger partial charge on any atom is 0.416 e. The van der Waals surface area contributed by atoms with Crippen LogP contribution in [-0.4, -0.2) is 60.7 Å². The summed E-state index contributed by atoms with van der Waals surface area (Å²) in [6.45, 7) is 4.21. The van der Waals surface area contributed by atoms with E-state index in [1.165, 1.54) is 42.7 Å². The highest BCUT2D eigenvalue weighted by atomic mass is 19.4. The molecule has 6 rings (SSSR count). The third-order valence-corrected chi connectivity index (χ3v) is 6.42. The van der Waals surface area contributed by atoms with Crippen LogP contribution in [0.5, 0.6) is 0 Å². The fraction of sp³-hybridized carbons (Fsp3) is 0.231. The molecular formula is C26H23F4N11. The first-order chi connectivity index (χ1) is 19.7. The Morgan fingerprint density at radius 2 is 1.46 bits per heavy atom. The molecule has 1 saturated heterocycles. The molecule has 210 valence electrons. The number of rotatable bonds is 6. The Kier molecular flexibility index (Phi) is 6.69. The summed E-state index contributed by atoms with van der Waals surface area (Å²) in [5, 5.41) is 10.2. The van der Waals surface area contributed by atoms with Crippen LogP contribution < -0.4 is 20.4 Å². The minimum absolute atomic E-state index is 0.0513. The van der Waals surface area contributed by atoms with Crippen molar-refractivity contribution in [2.24, 2.45) is 0 Å². The lowest BCUT2D eigenvalue weighted by molar-refractivity contribution is -0.137. The molecule has 3 aromatic heterocycles.